The smallest absolute Gasteiger partial charge is 0.255 e. The number of aromatic nitrogens is 3. The van der Waals surface area contributed by atoms with Crippen LogP contribution >= 0.6 is 0 Å². The summed E-state index contributed by atoms with van der Waals surface area (Å²) in [5, 5.41) is 10.6. The second-order valence-corrected chi connectivity index (χ2v) is 8.12. The van der Waals surface area contributed by atoms with Crippen molar-refractivity contribution in [1.29, 1.82) is 0 Å². The lowest BCUT2D eigenvalue weighted by molar-refractivity contribution is 0.102. The lowest BCUT2D eigenvalue weighted by Crippen LogP contribution is -2.30. The van der Waals surface area contributed by atoms with Crippen molar-refractivity contribution in [2.45, 2.75) is 39.8 Å². The van der Waals surface area contributed by atoms with Crippen molar-refractivity contribution in [3.8, 4) is 0 Å². The van der Waals surface area contributed by atoms with Crippen LogP contribution in [0.25, 0.3) is 0 Å². The first-order valence-corrected chi connectivity index (χ1v) is 10.2. The Balaban J connectivity index is 1.41. The summed E-state index contributed by atoms with van der Waals surface area (Å²) in [6, 6.07) is 11.8. The van der Waals surface area contributed by atoms with Crippen LogP contribution in [0.15, 0.2) is 48.8 Å². The van der Waals surface area contributed by atoms with Crippen LogP contribution in [0.5, 0.6) is 0 Å². The van der Waals surface area contributed by atoms with Gasteiger partial charge in [0.25, 0.3) is 5.91 Å². The molecule has 0 aliphatic carbocycles. The summed E-state index contributed by atoms with van der Waals surface area (Å²) in [4.78, 5) is 18.8. The standard InChI is InChI=1S/C23H27N5O/c1-16(2)11-21-13-22(27-26-21)15-28-10-7-17-3-4-20(12-19(17)14-28)25-23(29)18-5-8-24-9-6-18/h3-6,8-9,12-13,16H,7,10-11,14-15H2,1-2H3,(H,25,29)(H,26,27). The van der Waals surface area contributed by atoms with Gasteiger partial charge in [0.15, 0.2) is 0 Å². The number of pyridine rings is 1. The third-order valence-corrected chi connectivity index (χ3v) is 5.19. The van der Waals surface area contributed by atoms with E-state index in [1.54, 1.807) is 24.5 Å². The molecule has 0 saturated heterocycles. The molecule has 0 unspecified atom stereocenters. The Hall–Kier alpha value is -2.99. The van der Waals surface area contributed by atoms with E-state index in [-0.39, 0.29) is 5.91 Å². The van der Waals surface area contributed by atoms with E-state index in [1.807, 2.05) is 6.07 Å². The van der Waals surface area contributed by atoms with Crippen molar-refractivity contribution in [1.82, 2.24) is 20.1 Å². The highest BCUT2D eigenvalue weighted by Gasteiger charge is 2.18. The minimum Gasteiger partial charge on any atom is -0.322 e. The van der Waals surface area contributed by atoms with E-state index in [4.69, 9.17) is 0 Å². The van der Waals surface area contributed by atoms with E-state index in [2.05, 4.69) is 57.4 Å². The lowest BCUT2D eigenvalue weighted by atomic mass is 9.98. The quantitative estimate of drug-likeness (QED) is 0.672. The first-order valence-electron chi connectivity index (χ1n) is 10.2. The van der Waals surface area contributed by atoms with E-state index in [9.17, 15) is 4.79 Å². The largest absolute Gasteiger partial charge is 0.322 e. The number of carbonyl (C=O) groups excluding carboxylic acids is 1. The molecule has 3 aromatic rings. The molecule has 1 amide bonds. The highest BCUT2D eigenvalue weighted by atomic mass is 16.1. The number of nitrogens with one attached hydrogen (secondary N) is 2. The molecule has 0 atom stereocenters. The lowest BCUT2D eigenvalue weighted by Gasteiger charge is -2.28. The van der Waals surface area contributed by atoms with Gasteiger partial charge in [-0.1, -0.05) is 19.9 Å². The molecule has 0 spiro atoms. The second-order valence-electron chi connectivity index (χ2n) is 8.12. The van der Waals surface area contributed by atoms with Gasteiger partial charge in [-0.05, 0) is 60.2 Å². The number of aromatic amines is 1. The molecule has 0 saturated carbocycles. The van der Waals surface area contributed by atoms with Crippen molar-refractivity contribution in [3.63, 3.8) is 0 Å². The fraction of sp³-hybridized carbons (Fsp3) is 0.348. The Bertz CT molecular complexity index is 980. The average molecular weight is 390 g/mol. The van der Waals surface area contributed by atoms with E-state index in [0.717, 1.165) is 49.6 Å². The maximum atomic E-state index is 12.4. The van der Waals surface area contributed by atoms with Crippen LogP contribution in [0, 0.1) is 5.92 Å². The van der Waals surface area contributed by atoms with Gasteiger partial charge in [-0.3, -0.25) is 19.8 Å². The third-order valence-electron chi connectivity index (χ3n) is 5.19. The fourth-order valence-electron chi connectivity index (χ4n) is 3.79. The average Bonchev–Trinajstić information content (AvgIpc) is 3.14. The van der Waals surface area contributed by atoms with Crippen LogP contribution in [-0.2, 0) is 25.9 Å². The third kappa shape index (κ3) is 4.90. The van der Waals surface area contributed by atoms with Crippen molar-refractivity contribution < 1.29 is 4.79 Å². The molecule has 1 aliphatic heterocycles. The summed E-state index contributed by atoms with van der Waals surface area (Å²) >= 11 is 0. The number of benzene rings is 1. The molecule has 150 valence electrons. The van der Waals surface area contributed by atoms with Gasteiger partial charge in [-0.25, -0.2) is 0 Å². The van der Waals surface area contributed by atoms with E-state index >= 15 is 0 Å². The first-order chi connectivity index (χ1) is 14.1. The molecule has 1 aliphatic rings. The molecule has 4 rings (SSSR count). The fourth-order valence-corrected chi connectivity index (χ4v) is 3.79. The minimum absolute atomic E-state index is 0.116. The number of nitrogens with zero attached hydrogens (tertiary/aromatic N) is 3. The summed E-state index contributed by atoms with van der Waals surface area (Å²) in [5.41, 5.74) is 6.35. The maximum absolute atomic E-state index is 12.4. The Morgan fingerprint density at radius 2 is 2.00 bits per heavy atom. The predicted octanol–water partition coefficient (Wildman–Crippen LogP) is 3.81. The van der Waals surface area contributed by atoms with Crippen molar-refractivity contribution >= 4 is 11.6 Å². The molecule has 29 heavy (non-hydrogen) atoms. The van der Waals surface area contributed by atoms with E-state index in [0.29, 0.717) is 11.5 Å². The number of hydrogen-bond acceptors (Lipinski definition) is 4. The van der Waals surface area contributed by atoms with Crippen LogP contribution in [0.2, 0.25) is 0 Å². The van der Waals surface area contributed by atoms with E-state index in [1.165, 1.54) is 11.1 Å². The molecular weight excluding hydrogens is 362 g/mol. The molecule has 3 heterocycles. The highest BCUT2D eigenvalue weighted by molar-refractivity contribution is 6.04. The van der Waals surface area contributed by atoms with Gasteiger partial charge >= 0.3 is 0 Å². The minimum atomic E-state index is -0.116. The van der Waals surface area contributed by atoms with Crippen LogP contribution in [0.1, 0.15) is 46.7 Å². The first kappa shape index (κ1) is 19.3. The summed E-state index contributed by atoms with van der Waals surface area (Å²) in [6.07, 6.45) is 5.27. The highest BCUT2D eigenvalue weighted by Crippen LogP contribution is 2.24. The molecule has 6 heteroatoms. The Labute approximate surface area is 171 Å². The SMILES string of the molecule is CC(C)Cc1cc(CN2CCc3ccc(NC(=O)c4ccncc4)cc3C2)[nH]n1. The second kappa shape index (κ2) is 8.57. The summed E-state index contributed by atoms with van der Waals surface area (Å²) in [6.45, 7) is 7.17. The zero-order chi connectivity index (χ0) is 20.2. The van der Waals surface area contributed by atoms with Crippen LogP contribution < -0.4 is 5.32 Å². The number of anilines is 1. The van der Waals surface area contributed by atoms with Gasteiger partial charge in [-0.2, -0.15) is 5.10 Å². The molecule has 2 N–H and O–H groups in total. The van der Waals surface area contributed by atoms with Crippen molar-refractivity contribution in [2.75, 3.05) is 11.9 Å². The molecule has 0 bridgehead atoms. The van der Waals surface area contributed by atoms with Crippen LogP contribution in [0.3, 0.4) is 0 Å². The number of rotatable bonds is 6. The Kier molecular flexibility index (Phi) is 5.71. The van der Waals surface area contributed by atoms with Crippen LogP contribution in [0.4, 0.5) is 5.69 Å². The normalized spacial score (nSPS) is 14.0. The van der Waals surface area contributed by atoms with Crippen molar-refractivity contribution in [3.05, 3.63) is 76.9 Å². The van der Waals surface area contributed by atoms with Gasteiger partial charge in [-0.15, -0.1) is 0 Å². The monoisotopic (exact) mass is 389 g/mol. The number of H-pyrrole nitrogens is 1. The van der Waals surface area contributed by atoms with Gasteiger partial charge < -0.3 is 5.32 Å². The van der Waals surface area contributed by atoms with Crippen LogP contribution in [-0.4, -0.2) is 32.5 Å². The molecule has 2 aromatic heterocycles. The van der Waals surface area contributed by atoms with Crippen molar-refractivity contribution in [2.24, 2.45) is 5.92 Å². The van der Waals surface area contributed by atoms with Gasteiger partial charge in [0.1, 0.15) is 0 Å². The maximum Gasteiger partial charge on any atom is 0.255 e. The summed E-state index contributed by atoms with van der Waals surface area (Å²) < 4.78 is 0. The van der Waals surface area contributed by atoms with Gasteiger partial charge in [0, 0.05) is 49.0 Å². The zero-order valence-corrected chi connectivity index (χ0v) is 17.0. The zero-order valence-electron chi connectivity index (χ0n) is 17.0. The summed E-state index contributed by atoms with van der Waals surface area (Å²) in [7, 11) is 0. The van der Waals surface area contributed by atoms with E-state index < -0.39 is 0 Å². The molecular formula is C23H27N5O. The molecule has 0 radical (unpaired) electrons. The molecule has 0 fully saturated rings. The summed E-state index contributed by atoms with van der Waals surface area (Å²) in [5.74, 6) is 0.490. The van der Waals surface area contributed by atoms with Gasteiger partial charge in [0.05, 0.1) is 5.69 Å². The Morgan fingerprint density at radius 3 is 2.79 bits per heavy atom. The number of hydrogen-bond donors (Lipinski definition) is 2. The Morgan fingerprint density at radius 1 is 1.17 bits per heavy atom. The van der Waals surface area contributed by atoms with Gasteiger partial charge in [0.2, 0.25) is 0 Å². The predicted molar refractivity (Wildman–Crippen MR) is 114 cm³/mol. The molecule has 6 nitrogen and oxygen atoms in total. The topological polar surface area (TPSA) is 73.9 Å². The number of fused-ring (bicyclic) bond motifs is 1. The molecule has 1 aromatic carbocycles. The number of amides is 1. The number of carbonyl (C=O) groups is 1.